The summed E-state index contributed by atoms with van der Waals surface area (Å²) in [4.78, 5) is 46.6. The lowest BCUT2D eigenvalue weighted by molar-refractivity contribution is 0.303. The van der Waals surface area contributed by atoms with Crippen LogP contribution < -0.4 is 36.2 Å². The minimum absolute atomic E-state index is 0.0629. The number of allylic oxidation sites excluding steroid dienone is 2. The van der Waals surface area contributed by atoms with E-state index in [0.29, 0.717) is 13.2 Å². The normalized spacial score (nSPS) is 15.4. The summed E-state index contributed by atoms with van der Waals surface area (Å²) in [6.07, 6.45) is 50.4. The molecule has 7 heteroatoms. The largest absolute Gasteiger partial charge is 0.494 e. The van der Waals surface area contributed by atoms with E-state index in [2.05, 4.69) is 74.5 Å². The molecule has 430 valence electrons. The molecule has 2 aliphatic rings. The quantitative estimate of drug-likeness (QED) is 0.0286. The van der Waals surface area contributed by atoms with Gasteiger partial charge in [-0.25, -0.2) is 0 Å². The highest BCUT2D eigenvalue weighted by Crippen LogP contribution is 2.48. The van der Waals surface area contributed by atoms with Crippen LogP contribution in [0.2, 0.25) is 0 Å². The number of ether oxygens (including phenoxy) is 2. The molecule has 7 rings (SSSR count). The molecule has 5 nitrogen and oxygen atoms in total. The fraction of sp³-hybridized carbons (Fsp3) is 0.521. The highest BCUT2D eigenvalue weighted by molar-refractivity contribution is 8.08. The fourth-order valence-electron chi connectivity index (χ4n) is 11.5. The molecule has 2 heterocycles. The van der Waals surface area contributed by atoms with Crippen molar-refractivity contribution in [2.45, 2.75) is 241 Å². The van der Waals surface area contributed by atoms with E-state index in [1.165, 1.54) is 180 Å². The Bertz CT molecular complexity index is 2720. The van der Waals surface area contributed by atoms with Gasteiger partial charge in [-0.3, -0.25) is 14.4 Å². The lowest BCUT2D eigenvalue weighted by atomic mass is 9.95. The summed E-state index contributed by atoms with van der Waals surface area (Å²) in [7, 11) is 0. The minimum atomic E-state index is -0.745. The van der Waals surface area contributed by atoms with Gasteiger partial charge < -0.3 is 9.47 Å². The van der Waals surface area contributed by atoms with Crippen LogP contribution in [0.4, 0.5) is 0 Å². The second-order valence-electron chi connectivity index (χ2n) is 22.9. The van der Waals surface area contributed by atoms with Crippen molar-refractivity contribution in [2.75, 3.05) is 13.2 Å². The predicted octanol–water partition coefficient (Wildman–Crippen LogP) is 19.3. The lowest BCUT2D eigenvalue weighted by Gasteiger charge is -2.23. The van der Waals surface area contributed by atoms with Crippen molar-refractivity contribution in [3.05, 3.63) is 173 Å². The average molecular weight is 1120 g/mol. The molecule has 2 unspecified atom stereocenters. The van der Waals surface area contributed by atoms with E-state index in [-0.39, 0.29) is 10.4 Å². The van der Waals surface area contributed by atoms with Crippen molar-refractivity contribution >= 4 is 45.5 Å². The van der Waals surface area contributed by atoms with Crippen LogP contribution in [-0.2, 0) is 0 Å². The van der Waals surface area contributed by atoms with Gasteiger partial charge in [0.25, 0.3) is 0 Å². The standard InChI is InChI=1S/C73H96O5S2/c1-3-5-7-9-11-13-15-17-19-21-23-25-27-29-31-39-49-77-61-45-47-63-59(53-67(79-69(63)55-61)57-41-35-33-36-42-57)51-65-71(74)66(73(76)72(65)75)52-60-54-68(58-43-37-34-38-44-58)80-70-56-62(46-48-64(60)70)78-50-40-32-30-28-26-24-22-20-18-16-14-12-10-8-6-4-2/h33-38,41-48,51-56,59-60H,3-32,39-40,49-50H2,1-2H3/b65-51-,66-52+. The van der Waals surface area contributed by atoms with Crippen LogP contribution >= 0.6 is 23.5 Å². The maximum Gasteiger partial charge on any atom is 0.237 e. The molecule has 0 amide bonds. The van der Waals surface area contributed by atoms with Crippen molar-refractivity contribution in [2.24, 2.45) is 0 Å². The van der Waals surface area contributed by atoms with Crippen molar-refractivity contribution in [3.8, 4) is 11.5 Å². The van der Waals surface area contributed by atoms with Crippen molar-refractivity contribution in [3.63, 3.8) is 0 Å². The molecule has 2 atom stereocenters. The Morgan fingerprint density at radius 3 is 0.975 bits per heavy atom. The van der Waals surface area contributed by atoms with Crippen molar-refractivity contribution in [1.29, 1.82) is 0 Å². The molecule has 5 aromatic carbocycles. The number of hydrogen-bond donors (Lipinski definition) is 0. The summed E-state index contributed by atoms with van der Waals surface area (Å²) in [6.45, 7) is 5.90. The monoisotopic (exact) mass is 1120 g/mol. The molecule has 5 aromatic rings. The molecule has 0 fully saturated rings. The van der Waals surface area contributed by atoms with Gasteiger partial charge in [0, 0.05) is 31.4 Å². The smallest absolute Gasteiger partial charge is 0.237 e. The van der Waals surface area contributed by atoms with Gasteiger partial charge in [0.15, 0.2) is 0 Å². The van der Waals surface area contributed by atoms with E-state index in [1.54, 1.807) is 35.7 Å². The summed E-state index contributed by atoms with van der Waals surface area (Å²) in [5.41, 5.74) is 2.05. The molecule has 80 heavy (non-hydrogen) atoms. The number of fused-ring (bicyclic) bond motifs is 2. The van der Waals surface area contributed by atoms with Gasteiger partial charge in [-0.1, -0.05) is 327 Å². The highest BCUT2D eigenvalue weighted by atomic mass is 32.2. The maximum atomic E-state index is 14.5. The first-order valence-corrected chi connectivity index (χ1v) is 33.6. The summed E-state index contributed by atoms with van der Waals surface area (Å²) in [5.74, 6) is 0.823. The van der Waals surface area contributed by atoms with Crippen molar-refractivity contribution in [1.82, 2.24) is 0 Å². The van der Waals surface area contributed by atoms with Gasteiger partial charge in [-0.15, -0.1) is 0 Å². The summed E-state index contributed by atoms with van der Waals surface area (Å²) in [6, 6.07) is 32.7. The Labute approximate surface area is 490 Å². The number of benzene rings is 4. The molecule has 0 aromatic heterocycles. The van der Waals surface area contributed by atoms with Gasteiger partial charge in [-0.05, 0) is 59.4 Å². The van der Waals surface area contributed by atoms with E-state index in [0.717, 1.165) is 79.0 Å². The molecule has 0 aliphatic carbocycles. The van der Waals surface area contributed by atoms with Crippen LogP contribution in [0, 0.1) is 0 Å². The number of thioether (sulfide) groups is 2. The van der Waals surface area contributed by atoms with E-state index in [4.69, 9.17) is 9.47 Å². The third kappa shape index (κ3) is 20.8. The highest BCUT2D eigenvalue weighted by Gasteiger charge is 2.25. The van der Waals surface area contributed by atoms with Gasteiger partial charge in [0.1, 0.15) is 11.5 Å². The summed E-state index contributed by atoms with van der Waals surface area (Å²) >= 11 is 3.34. The van der Waals surface area contributed by atoms with Crippen LogP contribution in [0.1, 0.15) is 253 Å². The van der Waals surface area contributed by atoms with Crippen molar-refractivity contribution < 1.29 is 9.47 Å². The topological polar surface area (TPSA) is 69.7 Å². The number of hydrogen-bond acceptors (Lipinski definition) is 7. The molecule has 0 spiro atoms. The van der Waals surface area contributed by atoms with E-state index < -0.39 is 28.1 Å². The second-order valence-corrected chi connectivity index (χ2v) is 25.1. The predicted molar refractivity (Wildman–Crippen MR) is 345 cm³/mol. The molecular weight excluding hydrogens is 1020 g/mol. The van der Waals surface area contributed by atoms with Gasteiger partial charge in [-0.2, -0.15) is 0 Å². The Kier molecular flexibility index (Phi) is 28.7. The Morgan fingerprint density at radius 1 is 0.362 bits per heavy atom. The number of unbranched alkanes of at least 4 members (excludes halogenated alkanes) is 30. The molecule has 2 aliphatic heterocycles. The molecule has 0 saturated carbocycles. The Hall–Kier alpha value is -4.85. The van der Waals surface area contributed by atoms with Crippen LogP contribution in [0.15, 0.2) is 133 Å². The van der Waals surface area contributed by atoms with E-state index >= 15 is 0 Å². The SMILES string of the molecule is CCCCCCCCCCCCCCCCCCOc1ccc2c(c1)SC(c1ccccc1)=CC2/C=c1\c(=O)c(=O)/c(=C/C2C=C(c3ccccc3)Sc3cc(OCCCCCCCCCCCCCCCCCC)ccc32)c1=O. The maximum absolute atomic E-state index is 14.5. The zero-order valence-corrected chi connectivity index (χ0v) is 50.7. The van der Waals surface area contributed by atoms with E-state index in [1.807, 2.05) is 48.5 Å². The second kappa shape index (κ2) is 36.6. The first-order valence-electron chi connectivity index (χ1n) is 31.9. The van der Waals surface area contributed by atoms with Gasteiger partial charge in [0.2, 0.25) is 16.3 Å². The molecular formula is C73H96O5S2. The molecule has 0 saturated heterocycles. The first kappa shape index (κ1) is 62.7. The fourth-order valence-corrected chi connectivity index (χ4v) is 13.9. The van der Waals surface area contributed by atoms with Crippen LogP contribution in [0.5, 0.6) is 11.5 Å². The average Bonchev–Trinajstić information content (AvgIpc) is 3.79. The van der Waals surface area contributed by atoms with Gasteiger partial charge >= 0.3 is 0 Å². The third-order valence-corrected chi connectivity index (χ3v) is 18.6. The Balaban J connectivity index is 0.951. The number of rotatable bonds is 40. The van der Waals surface area contributed by atoms with Crippen LogP contribution in [0.25, 0.3) is 22.0 Å². The third-order valence-electron chi connectivity index (χ3n) is 16.3. The molecule has 0 bridgehead atoms. The Morgan fingerprint density at radius 2 is 0.662 bits per heavy atom. The zero-order valence-electron chi connectivity index (χ0n) is 49.1. The minimum Gasteiger partial charge on any atom is -0.494 e. The van der Waals surface area contributed by atoms with E-state index in [9.17, 15) is 14.4 Å². The summed E-state index contributed by atoms with van der Waals surface area (Å²) in [5, 5.41) is -0.126. The van der Waals surface area contributed by atoms with Crippen LogP contribution in [0.3, 0.4) is 0 Å². The summed E-state index contributed by atoms with van der Waals surface area (Å²) < 4.78 is 12.7. The van der Waals surface area contributed by atoms with Gasteiger partial charge in [0.05, 0.1) is 23.7 Å². The molecule has 0 N–H and O–H groups in total. The van der Waals surface area contributed by atoms with Crippen LogP contribution in [-0.4, -0.2) is 13.2 Å². The first-order chi connectivity index (χ1) is 39.4. The molecule has 0 radical (unpaired) electrons. The lowest BCUT2D eigenvalue weighted by Crippen LogP contribution is -2.37. The zero-order chi connectivity index (χ0) is 55.8.